The molecule has 0 bridgehead atoms. The van der Waals surface area contributed by atoms with Gasteiger partial charge in [0.1, 0.15) is 5.75 Å². The molecule has 2 atom stereocenters. The van der Waals surface area contributed by atoms with E-state index in [4.69, 9.17) is 15.6 Å². The summed E-state index contributed by atoms with van der Waals surface area (Å²) in [6, 6.07) is 8.39. The number of aliphatic hydroxyl groups is 1. The molecular formula is C16H28N2O2. The molecule has 20 heavy (non-hydrogen) atoms. The molecule has 0 saturated carbocycles. The third-order valence-corrected chi connectivity index (χ3v) is 3.74. The maximum Gasteiger partial charge on any atom is 0.118 e. The van der Waals surface area contributed by atoms with Crippen molar-refractivity contribution in [2.45, 2.75) is 38.8 Å². The first kappa shape index (κ1) is 17.0. The number of nitrogens with zero attached hydrogens (tertiary/aromatic N) is 1. The Bertz CT molecular complexity index is 367. The zero-order valence-electron chi connectivity index (χ0n) is 12.9. The van der Waals surface area contributed by atoms with Crippen LogP contribution in [0.15, 0.2) is 24.3 Å². The highest BCUT2D eigenvalue weighted by Crippen LogP contribution is 2.26. The number of likely N-dealkylation sites (N-methyl/N-ethyl adjacent to an activating group) is 1. The minimum atomic E-state index is 0.0852. The van der Waals surface area contributed by atoms with E-state index in [0.717, 1.165) is 31.7 Å². The monoisotopic (exact) mass is 280 g/mol. The van der Waals surface area contributed by atoms with Gasteiger partial charge in [0.2, 0.25) is 0 Å². The van der Waals surface area contributed by atoms with Crippen molar-refractivity contribution < 1.29 is 9.84 Å². The quantitative estimate of drug-likeness (QED) is 0.728. The summed E-state index contributed by atoms with van der Waals surface area (Å²) in [6.45, 7) is 6.24. The van der Waals surface area contributed by atoms with Crippen LogP contribution in [0.3, 0.4) is 0 Å². The second-order valence-corrected chi connectivity index (χ2v) is 5.00. The molecule has 0 amide bonds. The highest BCUT2D eigenvalue weighted by atomic mass is 16.5. The standard InChI is InChI=1S/C16H28N2O2/c1-4-15(17)16(18(5-2)11-6-12-19)13-7-9-14(20-3)10-8-13/h7-10,15-16,19H,4-6,11-12,17H2,1-3H3. The number of nitrogens with two attached hydrogens (primary N) is 1. The summed E-state index contributed by atoms with van der Waals surface area (Å²) in [5.74, 6) is 0.857. The first-order chi connectivity index (χ1) is 9.67. The van der Waals surface area contributed by atoms with Gasteiger partial charge in [-0.25, -0.2) is 0 Å². The molecule has 0 heterocycles. The van der Waals surface area contributed by atoms with E-state index >= 15 is 0 Å². The fraction of sp³-hybridized carbons (Fsp3) is 0.625. The van der Waals surface area contributed by atoms with Crippen LogP contribution in [0.2, 0.25) is 0 Å². The third-order valence-electron chi connectivity index (χ3n) is 3.74. The van der Waals surface area contributed by atoms with Crippen molar-refractivity contribution in [3.05, 3.63) is 29.8 Å². The van der Waals surface area contributed by atoms with Crippen LogP contribution in [0.1, 0.15) is 38.3 Å². The second-order valence-electron chi connectivity index (χ2n) is 5.00. The number of methoxy groups -OCH3 is 1. The Morgan fingerprint density at radius 2 is 1.90 bits per heavy atom. The van der Waals surface area contributed by atoms with E-state index in [2.05, 4.69) is 30.9 Å². The molecule has 1 aromatic carbocycles. The van der Waals surface area contributed by atoms with Crippen molar-refractivity contribution in [2.24, 2.45) is 5.73 Å². The van der Waals surface area contributed by atoms with Crippen LogP contribution in [-0.2, 0) is 0 Å². The average molecular weight is 280 g/mol. The largest absolute Gasteiger partial charge is 0.497 e. The fourth-order valence-corrected chi connectivity index (χ4v) is 2.52. The van der Waals surface area contributed by atoms with Gasteiger partial charge < -0.3 is 15.6 Å². The Morgan fingerprint density at radius 1 is 1.25 bits per heavy atom. The Hall–Kier alpha value is -1.10. The molecule has 0 aliphatic rings. The molecule has 3 N–H and O–H groups in total. The van der Waals surface area contributed by atoms with Crippen LogP contribution < -0.4 is 10.5 Å². The smallest absolute Gasteiger partial charge is 0.118 e. The van der Waals surface area contributed by atoms with Gasteiger partial charge in [0.05, 0.1) is 7.11 Å². The van der Waals surface area contributed by atoms with Gasteiger partial charge in [-0.15, -0.1) is 0 Å². The maximum absolute atomic E-state index is 9.05. The number of aliphatic hydroxyl groups excluding tert-OH is 1. The van der Waals surface area contributed by atoms with Crippen LogP contribution in [0.4, 0.5) is 0 Å². The van der Waals surface area contributed by atoms with Gasteiger partial charge in [-0.1, -0.05) is 26.0 Å². The Kier molecular flexibility index (Phi) is 7.59. The molecule has 0 spiro atoms. The van der Waals surface area contributed by atoms with Crippen LogP contribution in [0, 0.1) is 0 Å². The van der Waals surface area contributed by atoms with Gasteiger partial charge >= 0.3 is 0 Å². The normalized spacial score (nSPS) is 14.3. The van der Waals surface area contributed by atoms with Crippen molar-refractivity contribution in [1.29, 1.82) is 0 Å². The van der Waals surface area contributed by atoms with E-state index in [1.807, 2.05) is 12.1 Å². The molecule has 0 radical (unpaired) electrons. The molecule has 2 unspecified atom stereocenters. The minimum Gasteiger partial charge on any atom is -0.497 e. The zero-order chi connectivity index (χ0) is 15.0. The summed E-state index contributed by atoms with van der Waals surface area (Å²) < 4.78 is 5.21. The van der Waals surface area contributed by atoms with Crippen molar-refractivity contribution in [3.8, 4) is 5.75 Å². The molecule has 0 saturated heterocycles. The number of ether oxygens (including phenoxy) is 1. The number of hydrogen-bond donors (Lipinski definition) is 2. The van der Waals surface area contributed by atoms with E-state index in [1.54, 1.807) is 7.11 Å². The lowest BCUT2D eigenvalue weighted by Crippen LogP contribution is -2.41. The molecule has 1 aromatic rings. The van der Waals surface area contributed by atoms with Crippen molar-refractivity contribution >= 4 is 0 Å². The SMILES string of the molecule is CCC(N)C(c1ccc(OC)cc1)N(CC)CCCO. The van der Waals surface area contributed by atoms with Crippen LogP contribution in [0.25, 0.3) is 0 Å². The lowest BCUT2D eigenvalue weighted by molar-refractivity contribution is 0.159. The number of benzene rings is 1. The van der Waals surface area contributed by atoms with Crippen molar-refractivity contribution in [2.75, 3.05) is 26.8 Å². The molecule has 1 rings (SSSR count). The van der Waals surface area contributed by atoms with E-state index in [9.17, 15) is 0 Å². The Labute approximate surface area is 122 Å². The Morgan fingerprint density at radius 3 is 2.35 bits per heavy atom. The van der Waals surface area contributed by atoms with Gasteiger partial charge in [-0.05, 0) is 37.1 Å². The Balaban J connectivity index is 2.96. The molecule has 4 nitrogen and oxygen atoms in total. The highest BCUT2D eigenvalue weighted by molar-refractivity contribution is 5.30. The fourth-order valence-electron chi connectivity index (χ4n) is 2.52. The van der Waals surface area contributed by atoms with Crippen LogP contribution >= 0.6 is 0 Å². The summed E-state index contributed by atoms with van der Waals surface area (Å²) in [6.07, 6.45) is 1.70. The topological polar surface area (TPSA) is 58.7 Å². The maximum atomic E-state index is 9.05. The number of rotatable bonds is 9. The van der Waals surface area contributed by atoms with E-state index in [1.165, 1.54) is 5.56 Å². The molecule has 0 aliphatic carbocycles. The van der Waals surface area contributed by atoms with Gasteiger partial charge in [-0.2, -0.15) is 0 Å². The first-order valence-corrected chi connectivity index (χ1v) is 7.42. The first-order valence-electron chi connectivity index (χ1n) is 7.42. The van der Waals surface area contributed by atoms with Crippen molar-refractivity contribution in [1.82, 2.24) is 4.90 Å². The van der Waals surface area contributed by atoms with Crippen LogP contribution in [0.5, 0.6) is 5.75 Å². The van der Waals surface area contributed by atoms with Gasteiger partial charge in [0, 0.05) is 25.2 Å². The molecule has 114 valence electrons. The third kappa shape index (κ3) is 4.47. The molecule has 4 heteroatoms. The molecular weight excluding hydrogens is 252 g/mol. The zero-order valence-corrected chi connectivity index (χ0v) is 12.9. The number of hydrogen-bond acceptors (Lipinski definition) is 4. The summed E-state index contributed by atoms with van der Waals surface area (Å²) >= 11 is 0. The highest BCUT2D eigenvalue weighted by Gasteiger charge is 2.24. The lowest BCUT2D eigenvalue weighted by Gasteiger charge is -2.35. The van der Waals surface area contributed by atoms with Gasteiger partial charge in [-0.3, -0.25) is 4.90 Å². The summed E-state index contributed by atoms with van der Waals surface area (Å²) in [5.41, 5.74) is 7.54. The van der Waals surface area contributed by atoms with Gasteiger partial charge in [0.25, 0.3) is 0 Å². The summed E-state index contributed by atoms with van der Waals surface area (Å²) in [7, 11) is 1.67. The van der Waals surface area contributed by atoms with Crippen LogP contribution in [-0.4, -0.2) is 42.9 Å². The predicted octanol–water partition coefficient (Wildman–Crippen LogP) is 2.18. The molecule has 0 fully saturated rings. The summed E-state index contributed by atoms with van der Waals surface area (Å²) in [5, 5.41) is 9.05. The second kappa shape index (κ2) is 8.95. The van der Waals surface area contributed by atoms with E-state index < -0.39 is 0 Å². The molecule has 0 aromatic heterocycles. The average Bonchev–Trinajstić information content (AvgIpc) is 2.51. The van der Waals surface area contributed by atoms with E-state index in [0.29, 0.717) is 0 Å². The molecule has 0 aliphatic heterocycles. The lowest BCUT2D eigenvalue weighted by atomic mass is 9.96. The van der Waals surface area contributed by atoms with E-state index in [-0.39, 0.29) is 18.7 Å². The van der Waals surface area contributed by atoms with Gasteiger partial charge in [0.15, 0.2) is 0 Å². The summed E-state index contributed by atoms with van der Waals surface area (Å²) in [4.78, 5) is 2.34. The minimum absolute atomic E-state index is 0.0852. The van der Waals surface area contributed by atoms with Crippen molar-refractivity contribution in [3.63, 3.8) is 0 Å². The predicted molar refractivity (Wildman–Crippen MR) is 83.0 cm³/mol.